The maximum absolute atomic E-state index is 13.0. The molecule has 0 aromatic rings. The van der Waals surface area contributed by atoms with E-state index >= 15 is 0 Å². The standard InChI is InChI=1S/C89H150O16P2/c1-4-7-10-13-16-19-22-25-28-31-34-36-37-38-39-40-41-42-43-44-45-47-50-51-54-57-60-63-66-69-72-75-87(92)99-78-84(90)79-101-106(95,96)102-80-85(91)81-103-107(97,98)104-83-86(105-89(94)77-74-71-68-65-62-59-56-53-48-33-30-27-24-21-18-15-12-9-6-3)82-100-88(93)76-73-70-67-64-61-58-55-52-49-46-35-32-29-26-23-20-17-14-11-8-5-2/h9,12,16-21,25-30,34-36,38-39,46,48,52-53,55,59,62,84-86,90-91H,4-8,10-11,13-15,22-24,31-33,37,40-45,47,49-51,54,56-58,60-61,63-83H2,1-3H3,(H,95,96)(H,97,98)/b12-9-,19-16-,20-17-,21-18-,28-25-,29-26-,30-27-,36-34-,39-38-,46-35-,53-48-,55-52-,62-59-. The maximum Gasteiger partial charge on any atom is 0.472 e. The number of unbranched alkanes of at least 4 members (excludes halogenated alkanes) is 29. The fourth-order valence-electron chi connectivity index (χ4n) is 10.9. The van der Waals surface area contributed by atoms with Gasteiger partial charge in [-0.15, -0.1) is 0 Å². The van der Waals surface area contributed by atoms with Crippen molar-refractivity contribution in [1.82, 2.24) is 0 Å². The molecule has 0 amide bonds. The number of allylic oxidation sites excluding steroid dienone is 26. The lowest BCUT2D eigenvalue weighted by molar-refractivity contribution is -0.161. The summed E-state index contributed by atoms with van der Waals surface area (Å²) in [5.74, 6) is -1.64. The Kier molecular flexibility index (Phi) is 77.0. The van der Waals surface area contributed by atoms with Crippen molar-refractivity contribution in [3.05, 3.63) is 158 Å². The Balaban J connectivity index is 4.59. The van der Waals surface area contributed by atoms with Gasteiger partial charge in [0, 0.05) is 19.3 Å². The molecule has 0 saturated carbocycles. The predicted molar refractivity (Wildman–Crippen MR) is 445 cm³/mol. The Hall–Kier alpha value is -4.83. The lowest BCUT2D eigenvalue weighted by Gasteiger charge is -2.21. The number of aliphatic hydroxyl groups is 2. The van der Waals surface area contributed by atoms with E-state index in [-0.39, 0.29) is 19.3 Å². The van der Waals surface area contributed by atoms with Crippen molar-refractivity contribution >= 4 is 33.6 Å². The Labute approximate surface area is 650 Å². The summed E-state index contributed by atoms with van der Waals surface area (Å²) in [5.41, 5.74) is 0. The average molecular weight is 1540 g/mol. The van der Waals surface area contributed by atoms with Gasteiger partial charge in [-0.05, 0) is 154 Å². The van der Waals surface area contributed by atoms with E-state index in [1.54, 1.807) is 0 Å². The second-order valence-electron chi connectivity index (χ2n) is 27.5. The van der Waals surface area contributed by atoms with Crippen LogP contribution in [0.4, 0.5) is 0 Å². The van der Waals surface area contributed by atoms with Gasteiger partial charge in [-0.1, -0.05) is 314 Å². The van der Waals surface area contributed by atoms with E-state index in [9.17, 15) is 43.5 Å². The Morgan fingerprint density at radius 2 is 0.495 bits per heavy atom. The molecule has 0 aliphatic rings. The third kappa shape index (κ3) is 82.0. The van der Waals surface area contributed by atoms with Crippen LogP contribution in [-0.2, 0) is 55.8 Å². The third-order valence-electron chi connectivity index (χ3n) is 17.2. The molecule has 0 saturated heterocycles. The number of carbonyl (C=O) groups excluding carboxylic acids is 3. The van der Waals surface area contributed by atoms with Crippen molar-refractivity contribution < 1.29 is 75.8 Å². The van der Waals surface area contributed by atoms with Gasteiger partial charge in [0.2, 0.25) is 0 Å². The largest absolute Gasteiger partial charge is 0.472 e. The normalized spacial score (nSPS) is 14.7. The molecule has 0 rings (SSSR count). The summed E-state index contributed by atoms with van der Waals surface area (Å²) in [4.78, 5) is 58.8. The van der Waals surface area contributed by atoms with Gasteiger partial charge < -0.3 is 34.2 Å². The molecule has 612 valence electrons. The summed E-state index contributed by atoms with van der Waals surface area (Å²) in [6.07, 6.45) is 101. The number of esters is 3. The molecule has 4 N–H and O–H groups in total. The summed E-state index contributed by atoms with van der Waals surface area (Å²) in [6, 6.07) is 0. The van der Waals surface area contributed by atoms with Crippen molar-refractivity contribution in [2.45, 2.75) is 347 Å². The second-order valence-corrected chi connectivity index (χ2v) is 30.4. The van der Waals surface area contributed by atoms with Gasteiger partial charge in [-0.25, -0.2) is 9.13 Å². The first-order valence-electron chi connectivity index (χ1n) is 41.8. The molecule has 0 heterocycles. The van der Waals surface area contributed by atoms with Gasteiger partial charge >= 0.3 is 33.6 Å². The Bertz CT molecular complexity index is 2580. The lowest BCUT2D eigenvalue weighted by Crippen LogP contribution is -2.30. The van der Waals surface area contributed by atoms with Gasteiger partial charge in [0.25, 0.3) is 0 Å². The highest BCUT2D eigenvalue weighted by atomic mass is 31.2. The molecule has 0 aliphatic carbocycles. The van der Waals surface area contributed by atoms with Crippen molar-refractivity contribution in [3.8, 4) is 0 Å². The molecule has 5 atom stereocenters. The molecule has 0 aromatic carbocycles. The Morgan fingerprint density at radius 1 is 0.271 bits per heavy atom. The first-order valence-corrected chi connectivity index (χ1v) is 44.8. The first kappa shape index (κ1) is 102. The van der Waals surface area contributed by atoms with E-state index in [4.69, 9.17) is 32.3 Å². The van der Waals surface area contributed by atoms with Crippen LogP contribution in [0.5, 0.6) is 0 Å². The molecule has 107 heavy (non-hydrogen) atoms. The minimum Gasteiger partial charge on any atom is -0.463 e. The van der Waals surface area contributed by atoms with Crippen LogP contribution < -0.4 is 0 Å². The van der Waals surface area contributed by atoms with E-state index in [1.807, 2.05) is 0 Å². The van der Waals surface area contributed by atoms with Gasteiger partial charge in [-0.2, -0.15) is 0 Å². The molecule has 0 spiro atoms. The molecule has 16 nitrogen and oxygen atoms in total. The molecule has 5 unspecified atom stereocenters. The SMILES string of the molecule is CC/C=C\C/C=C\C/C=C\C/C=C\C/C=C\CCCCCC(=O)OC(COC(=O)CCCCCCC/C=C\C/C=C\C/C=C\C/C=C\CCCCC)COP(=O)(O)OCC(O)COP(=O)(O)OCC(O)COC(=O)CCCCCCCCCCCCCCCCC/C=C\C/C=C\C/C=C\C/C=C\CCCCC. The van der Waals surface area contributed by atoms with Crippen molar-refractivity contribution in [3.63, 3.8) is 0 Å². The highest BCUT2D eigenvalue weighted by molar-refractivity contribution is 7.47. The summed E-state index contributed by atoms with van der Waals surface area (Å²) in [7, 11) is -9.82. The van der Waals surface area contributed by atoms with E-state index in [0.717, 1.165) is 141 Å². The smallest absolute Gasteiger partial charge is 0.463 e. The highest BCUT2D eigenvalue weighted by Gasteiger charge is 2.29. The van der Waals surface area contributed by atoms with Crippen LogP contribution in [0.15, 0.2) is 158 Å². The molecule has 0 aliphatic heterocycles. The number of phosphoric ester groups is 2. The number of hydrogen-bond acceptors (Lipinski definition) is 14. The summed E-state index contributed by atoms with van der Waals surface area (Å²) in [5, 5.41) is 20.7. The summed E-state index contributed by atoms with van der Waals surface area (Å²) < 4.78 is 61.2. The van der Waals surface area contributed by atoms with Crippen LogP contribution >= 0.6 is 15.6 Å². The number of aliphatic hydroxyl groups excluding tert-OH is 2. The van der Waals surface area contributed by atoms with Crippen LogP contribution in [0.25, 0.3) is 0 Å². The number of phosphoric acid groups is 2. The fourth-order valence-corrected chi connectivity index (χ4v) is 12.4. The molecule has 18 heteroatoms. The highest BCUT2D eigenvalue weighted by Crippen LogP contribution is 2.45. The topological polar surface area (TPSA) is 231 Å². The number of ether oxygens (including phenoxy) is 3. The average Bonchev–Trinajstić information content (AvgIpc) is 0.907. The quantitative estimate of drug-likeness (QED) is 0.0146. The zero-order valence-corrected chi connectivity index (χ0v) is 68.8. The maximum atomic E-state index is 13.0. The summed E-state index contributed by atoms with van der Waals surface area (Å²) >= 11 is 0. The predicted octanol–water partition coefficient (Wildman–Crippen LogP) is 25.0. The van der Waals surface area contributed by atoms with Gasteiger partial charge in [0.1, 0.15) is 25.4 Å². The minimum atomic E-state index is -4.95. The number of carbonyl (C=O) groups is 3. The van der Waals surface area contributed by atoms with Gasteiger partial charge in [0.05, 0.1) is 26.4 Å². The zero-order chi connectivity index (χ0) is 78.0. The van der Waals surface area contributed by atoms with Crippen molar-refractivity contribution in [2.75, 3.05) is 39.6 Å². The van der Waals surface area contributed by atoms with E-state index < -0.39 is 91.5 Å². The number of hydrogen-bond donors (Lipinski definition) is 4. The Morgan fingerprint density at radius 3 is 0.794 bits per heavy atom. The van der Waals surface area contributed by atoms with E-state index in [2.05, 4.69) is 179 Å². The zero-order valence-electron chi connectivity index (χ0n) is 67.0. The molecular weight excluding hydrogens is 1390 g/mol. The first-order chi connectivity index (χ1) is 52.2. The van der Waals surface area contributed by atoms with Crippen LogP contribution in [-0.4, -0.2) is 95.9 Å². The van der Waals surface area contributed by atoms with Crippen LogP contribution in [0, 0.1) is 0 Å². The molecular formula is C89H150O16P2. The third-order valence-corrected chi connectivity index (χ3v) is 19.1. The lowest BCUT2D eigenvalue weighted by atomic mass is 10.0. The summed E-state index contributed by atoms with van der Waals surface area (Å²) in [6.45, 7) is 2.46. The van der Waals surface area contributed by atoms with Crippen molar-refractivity contribution in [1.29, 1.82) is 0 Å². The molecule has 0 aromatic heterocycles. The van der Waals surface area contributed by atoms with Gasteiger partial charge in [-0.3, -0.25) is 32.5 Å². The fraction of sp³-hybridized carbons (Fsp3) is 0.674. The van der Waals surface area contributed by atoms with Crippen LogP contribution in [0.3, 0.4) is 0 Å². The van der Waals surface area contributed by atoms with Crippen LogP contribution in [0.2, 0.25) is 0 Å². The van der Waals surface area contributed by atoms with Crippen LogP contribution in [0.1, 0.15) is 329 Å². The van der Waals surface area contributed by atoms with E-state index in [1.165, 1.54) is 128 Å². The van der Waals surface area contributed by atoms with Gasteiger partial charge in [0.15, 0.2) is 6.10 Å². The van der Waals surface area contributed by atoms with E-state index in [0.29, 0.717) is 19.3 Å². The minimum absolute atomic E-state index is 0.0559. The molecule has 0 bridgehead atoms. The number of rotatable bonds is 78. The molecule has 0 fully saturated rings. The monoisotopic (exact) mass is 1540 g/mol. The second kappa shape index (κ2) is 80.7. The molecule has 0 radical (unpaired) electrons. The van der Waals surface area contributed by atoms with Crippen molar-refractivity contribution in [2.24, 2.45) is 0 Å².